The van der Waals surface area contributed by atoms with E-state index >= 15 is 0 Å². The number of benzene rings is 2. The number of likely N-dealkylation sites (tertiary alicyclic amines) is 1. The van der Waals surface area contributed by atoms with Crippen LogP contribution in [0.2, 0.25) is 10.0 Å². The Hall–Kier alpha value is -3.71. The second-order valence-electron chi connectivity index (χ2n) is 13.1. The molecule has 2 aliphatic carbocycles. The maximum Gasteiger partial charge on any atom is 0.387 e. The Bertz CT molecular complexity index is 1630. The van der Waals surface area contributed by atoms with Crippen molar-refractivity contribution in [2.75, 3.05) is 39.5 Å². The zero-order valence-electron chi connectivity index (χ0n) is 28.1. The summed E-state index contributed by atoms with van der Waals surface area (Å²) in [7, 11) is 0. The molecule has 0 unspecified atom stereocenters. The van der Waals surface area contributed by atoms with Crippen LogP contribution in [0, 0.1) is 11.8 Å². The number of rotatable bonds is 17. The lowest BCUT2D eigenvalue weighted by molar-refractivity contribution is -0.377. The van der Waals surface area contributed by atoms with Gasteiger partial charge in [0.2, 0.25) is 0 Å². The average molecular weight is 752 g/mol. The number of nitrogens with zero attached hydrogens (tertiary/aromatic N) is 1. The lowest BCUT2D eigenvalue weighted by Gasteiger charge is -2.26. The molecule has 51 heavy (non-hydrogen) atoms. The Morgan fingerprint density at radius 3 is 2.14 bits per heavy atom. The molecule has 0 amide bonds. The van der Waals surface area contributed by atoms with Crippen LogP contribution in [0.4, 0.5) is 8.78 Å². The average Bonchev–Trinajstić information content (AvgIpc) is 4.04. The molecule has 3 aromatic rings. The molecule has 2 saturated carbocycles. The summed E-state index contributed by atoms with van der Waals surface area (Å²) < 4.78 is 54.8. The number of hydrogen-bond donors (Lipinski definition) is 0. The number of esters is 2. The third-order valence-corrected chi connectivity index (χ3v) is 9.73. The van der Waals surface area contributed by atoms with E-state index in [1.54, 1.807) is 18.5 Å². The summed E-state index contributed by atoms with van der Waals surface area (Å²) in [4.78, 5) is 32.3. The van der Waals surface area contributed by atoms with E-state index in [0.717, 1.165) is 51.6 Å². The minimum atomic E-state index is -3.06. The van der Waals surface area contributed by atoms with E-state index in [9.17, 15) is 18.4 Å². The fourth-order valence-corrected chi connectivity index (χ4v) is 6.30. The Labute approximate surface area is 305 Å². The molecule has 1 aromatic heterocycles. The fraction of sp³-hybridized carbons (Fsp3) is 0.486. The van der Waals surface area contributed by atoms with E-state index in [0.29, 0.717) is 58.5 Å². The minimum absolute atomic E-state index is 0. The maximum atomic E-state index is 13.8. The van der Waals surface area contributed by atoms with Gasteiger partial charge in [0, 0.05) is 18.5 Å². The van der Waals surface area contributed by atoms with Crippen LogP contribution in [0.5, 0.6) is 17.2 Å². The highest BCUT2D eigenvalue weighted by molar-refractivity contribution is 6.35. The number of pyridine rings is 1. The SMILES string of the molecule is O=C(O[C@@H](Cc1c(Cl)c[nH+]cc1Cl)c1ccc(OC(F)F)c(OCC2CC2)c1)c1ccc(OCC2CC2)c(C(=O)OCCN2CCCCC2)c1.[OH-]. The van der Waals surface area contributed by atoms with E-state index in [-0.39, 0.29) is 41.1 Å². The van der Waals surface area contributed by atoms with Crippen molar-refractivity contribution in [3.05, 3.63) is 81.1 Å². The van der Waals surface area contributed by atoms with Crippen molar-refractivity contribution in [1.29, 1.82) is 0 Å². The zero-order valence-corrected chi connectivity index (χ0v) is 29.6. The van der Waals surface area contributed by atoms with E-state index in [2.05, 4.69) is 9.88 Å². The smallest absolute Gasteiger partial charge is 0.387 e. The van der Waals surface area contributed by atoms with Gasteiger partial charge in [-0.2, -0.15) is 8.78 Å². The van der Waals surface area contributed by atoms with Gasteiger partial charge in [0.25, 0.3) is 0 Å². The van der Waals surface area contributed by atoms with Crippen LogP contribution in [0.25, 0.3) is 0 Å². The molecule has 0 spiro atoms. The van der Waals surface area contributed by atoms with Crippen LogP contribution in [0.3, 0.4) is 0 Å². The number of nitrogens with one attached hydrogen (secondary N) is 1. The first kappa shape index (κ1) is 38.5. The standard InChI is InChI=1S/C37H40Cl2F2N2O7.H2O/c38-29-19-42-20-30(39)27(29)18-33(25-8-11-32(50-37(40)41)34(17-25)48-22-24-6-7-24)49-35(44)26-9-10-31(47-21-23-4-5-23)28(16-26)36(45)46-15-14-43-12-2-1-3-13-43;/h8-11,16-17,19-20,23-24,33,37H,1-7,12-15,18,21-22H2;1H2/t33-;/m0./s1. The Kier molecular flexibility index (Phi) is 13.7. The molecule has 1 atom stereocenters. The normalized spacial score (nSPS) is 16.6. The maximum absolute atomic E-state index is 13.8. The number of aromatic nitrogens is 1. The number of carbonyl (C=O) groups is 2. The van der Waals surface area contributed by atoms with Crippen molar-refractivity contribution in [2.45, 2.75) is 64.1 Å². The number of H-pyrrole nitrogens is 1. The molecule has 0 radical (unpaired) electrons. The second-order valence-corrected chi connectivity index (χ2v) is 13.9. The molecule has 10 nitrogen and oxygen atoms in total. The summed E-state index contributed by atoms with van der Waals surface area (Å²) in [5.74, 6) is -0.260. The first-order valence-electron chi connectivity index (χ1n) is 17.2. The highest BCUT2D eigenvalue weighted by Crippen LogP contribution is 2.38. The van der Waals surface area contributed by atoms with Crippen LogP contribution >= 0.6 is 23.2 Å². The number of hydrogen-bond acceptors (Lipinski definition) is 9. The number of halogens is 4. The molecule has 14 heteroatoms. The molecule has 3 fully saturated rings. The third-order valence-electron chi connectivity index (χ3n) is 9.06. The van der Waals surface area contributed by atoms with Crippen LogP contribution in [-0.4, -0.2) is 68.4 Å². The second kappa shape index (κ2) is 18.2. The van der Waals surface area contributed by atoms with Crippen LogP contribution < -0.4 is 19.2 Å². The monoisotopic (exact) mass is 750 g/mol. The lowest BCUT2D eigenvalue weighted by Crippen LogP contribution is -2.33. The van der Waals surface area contributed by atoms with Gasteiger partial charge in [-0.3, -0.25) is 4.90 Å². The fourth-order valence-electron chi connectivity index (χ4n) is 5.77. The number of alkyl halides is 2. The summed E-state index contributed by atoms with van der Waals surface area (Å²) in [6.07, 6.45) is 9.73. The van der Waals surface area contributed by atoms with Crippen LogP contribution in [0.15, 0.2) is 48.8 Å². The minimum Gasteiger partial charge on any atom is -0.870 e. The topological polar surface area (TPSA) is 128 Å². The molecular weight excluding hydrogens is 709 g/mol. The van der Waals surface area contributed by atoms with Crippen molar-refractivity contribution in [3.8, 4) is 17.2 Å². The van der Waals surface area contributed by atoms with E-state index in [1.165, 1.54) is 36.8 Å². The van der Waals surface area contributed by atoms with Crippen LogP contribution in [0.1, 0.15) is 82.9 Å². The molecule has 3 aliphatic rings. The number of ether oxygens (including phenoxy) is 5. The van der Waals surface area contributed by atoms with Gasteiger partial charge in [0.15, 0.2) is 23.9 Å². The van der Waals surface area contributed by atoms with E-state index in [1.807, 2.05) is 0 Å². The molecular formula is C37H42Cl2F2N2O8. The summed E-state index contributed by atoms with van der Waals surface area (Å²) >= 11 is 13.0. The molecule has 2 heterocycles. The highest BCUT2D eigenvalue weighted by Gasteiger charge is 2.28. The van der Waals surface area contributed by atoms with E-state index < -0.39 is 24.7 Å². The zero-order chi connectivity index (χ0) is 35.0. The molecule has 6 rings (SSSR count). The van der Waals surface area contributed by atoms with Gasteiger partial charge in [-0.05, 0) is 99.3 Å². The number of carbonyl (C=O) groups excluding carboxylic acids is 2. The highest BCUT2D eigenvalue weighted by atomic mass is 35.5. The Balaban J connectivity index is 0.00000504. The van der Waals surface area contributed by atoms with Crippen molar-refractivity contribution < 1.29 is 52.5 Å². The molecule has 276 valence electrons. The summed E-state index contributed by atoms with van der Waals surface area (Å²) in [5.41, 5.74) is 1.16. The number of piperidine rings is 1. The summed E-state index contributed by atoms with van der Waals surface area (Å²) in [5, 5.41) is 0.626. The summed E-state index contributed by atoms with van der Waals surface area (Å²) in [6, 6.07) is 8.94. The summed E-state index contributed by atoms with van der Waals surface area (Å²) in [6.45, 7) is 0.538. The van der Waals surface area contributed by atoms with E-state index in [4.69, 9.17) is 46.9 Å². The number of aromatic amines is 1. The third kappa shape index (κ3) is 11.1. The van der Waals surface area contributed by atoms with Crippen molar-refractivity contribution in [3.63, 3.8) is 0 Å². The van der Waals surface area contributed by atoms with Gasteiger partial charge >= 0.3 is 18.6 Å². The predicted octanol–water partition coefficient (Wildman–Crippen LogP) is 7.59. The van der Waals surface area contributed by atoms with Crippen LogP contribution in [-0.2, 0) is 15.9 Å². The van der Waals surface area contributed by atoms with Crippen molar-refractivity contribution in [1.82, 2.24) is 4.90 Å². The molecule has 2 aromatic carbocycles. The largest absolute Gasteiger partial charge is 0.870 e. The van der Waals surface area contributed by atoms with Gasteiger partial charge in [0.05, 0.1) is 18.8 Å². The quantitative estimate of drug-likeness (QED) is 0.128. The lowest BCUT2D eigenvalue weighted by atomic mass is 10.0. The van der Waals surface area contributed by atoms with Gasteiger partial charge < -0.3 is 29.2 Å². The Morgan fingerprint density at radius 1 is 0.843 bits per heavy atom. The van der Waals surface area contributed by atoms with Gasteiger partial charge in [-0.25, -0.2) is 14.6 Å². The first-order valence-corrected chi connectivity index (χ1v) is 17.9. The van der Waals surface area contributed by atoms with Gasteiger partial charge in [0.1, 0.15) is 34.1 Å². The van der Waals surface area contributed by atoms with Gasteiger partial charge in [-0.15, -0.1) is 0 Å². The molecule has 0 bridgehead atoms. The van der Waals surface area contributed by atoms with Gasteiger partial charge in [-0.1, -0.05) is 35.7 Å². The van der Waals surface area contributed by atoms with Crippen molar-refractivity contribution >= 4 is 35.1 Å². The van der Waals surface area contributed by atoms with Crippen molar-refractivity contribution in [2.24, 2.45) is 11.8 Å². The molecule has 2 N–H and O–H groups in total. The first-order chi connectivity index (χ1) is 24.2. The Morgan fingerprint density at radius 2 is 1.49 bits per heavy atom. The molecule has 1 aliphatic heterocycles. The molecule has 1 saturated heterocycles. The predicted molar refractivity (Wildman–Crippen MR) is 183 cm³/mol.